The molecule has 3 N–H and O–H groups in total. The Morgan fingerprint density at radius 1 is 1.38 bits per heavy atom. The van der Waals surface area contributed by atoms with E-state index in [-0.39, 0.29) is 11.4 Å². The molecule has 3 rings (SSSR count). The fourth-order valence-corrected chi connectivity index (χ4v) is 5.39. The monoisotopic (exact) mass is 588 g/mol. The van der Waals surface area contributed by atoms with Gasteiger partial charge in [-0.15, -0.1) is 0 Å². The quantitative estimate of drug-likeness (QED) is 0.322. The molecule has 1 atom stereocenters. The van der Waals surface area contributed by atoms with E-state index in [0.29, 0.717) is 15.1 Å². The Labute approximate surface area is 194 Å². The number of carboxylic acids is 1. The summed E-state index contributed by atoms with van der Waals surface area (Å²) in [7, 11) is 0. The molecular weight excluding hydrogens is 571 g/mol. The van der Waals surface area contributed by atoms with Gasteiger partial charge in [0.05, 0.1) is 12.9 Å². The highest BCUT2D eigenvalue weighted by atomic mass is 127. The molecule has 0 aliphatic carbocycles. The second-order valence-corrected chi connectivity index (χ2v) is 9.33. The zero-order valence-electron chi connectivity index (χ0n) is 15.4. The Balaban J connectivity index is 1.71. The van der Waals surface area contributed by atoms with Gasteiger partial charge in [0.25, 0.3) is 5.91 Å². The Morgan fingerprint density at radius 3 is 2.72 bits per heavy atom. The van der Waals surface area contributed by atoms with Crippen molar-refractivity contribution in [3.63, 3.8) is 0 Å². The van der Waals surface area contributed by atoms with Gasteiger partial charge in [0.15, 0.2) is 12.1 Å². The molecule has 2 aromatic carbocycles. The second kappa shape index (κ2) is 9.86. The van der Waals surface area contributed by atoms with E-state index in [9.17, 15) is 9.59 Å². The third kappa shape index (κ3) is 5.89. The van der Waals surface area contributed by atoms with E-state index >= 15 is 0 Å². The third-order valence-electron chi connectivity index (χ3n) is 4.05. The Bertz CT molecular complexity index is 942. The number of halogens is 2. The first-order valence-corrected chi connectivity index (χ1v) is 11.5. The molecule has 29 heavy (non-hydrogen) atoms. The van der Waals surface area contributed by atoms with Crippen molar-refractivity contribution in [3.8, 4) is 5.75 Å². The van der Waals surface area contributed by atoms with Crippen LogP contribution in [-0.2, 0) is 16.0 Å². The zero-order chi connectivity index (χ0) is 21.0. The molecule has 2 aromatic rings. The predicted molar refractivity (Wildman–Crippen MR) is 127 cm³/mol. The van der Waals surface area contributed by atoms with E-state index in [2.05, 4.69) is 68.2 Å². The molecule has 0 aromatic heterocycles. The maximum atomic E-state index is 12.4. The van der Waals surface area contributed by atoms with Gasteiger partial charge in [0, 0.05) is 5.69 Å². The normalized spacial score (nSPS) is 17.3. The lowest BCUT2D eigenvalue weighted by atomic mass is 10.1. The summed E-state index contributed by atoms with van der Waals surface area (Å²) in [6.07, 6.45) is 2.78. The van der Waals surface area contributed by atoms with Crippen LogP contribution in [0.4, 0.5) is 5.69 Å². The highest BCUT2D eigenvalue weighted by Gasteiger charge is 2.27. The molecule has 0 radical (unpaired) electrons. The number of benzene rings is 2. The molecule has 1 saturated heterocycles. The van der Waals surface area contributed by atoms with Crippen molar-refractivity contribution < 1.29 is 19.4 Å². The fourth-order valence-electron chi connectivity index (χ4n) is 2.64. The highest BCUT2D eigenvalue weighted by molar-refractivity contribution is 14.1. The smallest absolute Gasteiger partial charge is 0.341 e. The van der Waals surface area contributed by atoms with E-state index in [1.807, 2.05) is 18.2 Å². The lowest BCUT2D eigenvalue weighted by Crippen LogP contribution is -2.30. The van der Waals surface area contributed by atoms with Crippen molar-refractivity contribution in [1.82, 2.24) is 5.32 Å². The van der Waals surface area contributed by atoms with Crippen LogP contribution in [0.15, 0.2) is 45.8 Å². The van der Waals surface area contributed by atoms with Gasteiger partial charge in [-0.05, 0) is 86.4 Å². The average molecular weight is 589 g/mol. The van der Waals surface area contributed by atoms with Crippen LogP contribution in [0.1, 0.15) is 18.1 Å². The number of carbonyl (C=O) groups is 2. The van der Waals surface area contributed by atoms with Crippen LogP contribution in [0.5, 0.6) is 5.75 Å². The number of amides is 1. The zero-order valence-corrected chi connectivity index (χ0v) is 19.9. The van der Waals surface area contributed by atoms with Crippen molar-refractivity contribution in [3.05, 3.63) is 60.5 Å². The number of aliphatic carboxylic acids is 1. The minimum absolute atomic E-state index is 0.144. The van der Waals surface area contributed by atoms with Crippen LogP contribution in [0.25, 0.3) is 6.08 Å². The summed E-state index contributed by atoms with van der Waals surface area (Å²) in [5.41, 5.74) is 2.77. The molecule has 0 bridgehead atoms. The number of rotatable bonds is 7. The summed E-state index contributed by atoms with van der Waals surface area (Å²) in [5.74, 6) is -0.718. The van der Waals surface area contributed by atoms with Gasteiger partial charge < -0.3 is 20.5 Å². The van der Waals surface area contributed by atoms with Gasteiger partial charge in [0.1, 0.15) is 5.75 Å². The van der Waals surface area contributed by atoms with Gasteiger partial charge in [-0.1, -0.05) is 30.8 Å². The molecule has 1 amide bonds. The molecule has 1 fully saturated rings. The van der Waals surface area contributed by atoms with Crippen molar-refractivity contribution in [1.29, 1.82) is 0 Å². The summed E-state index contributed by atoms with van der Waals surface area (Å²) in [6, 6.07) is 11.8. The lowest BCUT2D eigenvalue weighted by Gasteiger charge is -2.13. The van der Waals surface area contributed by atoms with Gasteiger partial charge in [0.2, 0.25) is 0 Å². The van der Waals surface area contributed by atoms with Crippen LogP contribution in [0, 0.1) is 3.57 Å². The summed E-state index contributed by atoms with van der Waals surface area (Å²) < 4.78 is 6.69. The maximum Gasteiger partial charge on any atom is 0.341 e. The molecule has 152 valence electrons. The van der Waals surface area contributed by atoms with Gasteiger partial charge in [-0.25, -0.2) is 4.79 Å². The average Bonchev–Trinajstić information content (AvgIpc) is 3.00. The van der Waals surface area contributed by atoms with Gasteiger partial charge in [-0.2, -0.15) is 0 Å². The summed E-state index contributed by atoms with van der Waals surface area (Å²) in [4.78, 5) is 23.7. The topological polar surface area (TPSA) is 87.7 Å². The van der Waals surface area contributed by atoms with Crippen LogP contribution in [0.3, 0.4) is 0 Å². The van der Waals surface area contributed by atoms with Crippen LogP contribution >= 0.6 is 50.3 Å². The van der Waals surface area contributed by atoms with Crippen molar-refractivity contribution in [2.75, 3.05) is 11.9 Å². The van der Waals surface area contributed by atoms with E-state index in [1.165, 1.54) is 17.3 Å². The molecule has 0 spiro atoms. The predicted octanol–water partition coefficient (Wildman–Crippen LogP) is 4.68. The molecule has 6 nitrogen and oxygen atoms in total. The number of carboxylic acid groups (broad SMARTS) is 1. The third-order valence-corrected chi connectivity index (χ3v) is 6.47. The standard InChI is InChI=1S/C20H18BrIN2O4S/c1-2-11-3-5-13(6-4-11)23-20-24-19(27)16(29-20)9-12-7-14(21)18(15(22)8-12)28-10-17(25)26/h3-9,20,23H,2,10H2,1H3,(H,24,27)(H,25,26)/b16-9-/t20-/m0/s1. The Morgan fingerprint density at radius 2 is 2.10 bits per heavy atom. The number of aryl methyl sites for hydroxylation is 1. The maximum absolute atomic E-state index is 12.4. The SMILES string of the molecule is CCc1ccc(N[C@H]2NC(=O)/C(=C/c3cc(Br)c(OCC(=O)O)c(I)c3)S2)cc1. The number of anilines is 1. The van der Waals surface area contributed by atoms with E-state index in [0.717, 1.165) is 21.2 Å². The molecule has 1 aliphatic rings. The first kappa shape index (κ1) is 22.0. The fraction of sp³-hybridized carbons (Fsp3) is 0.200. The van der Waals surface area contributed by atoms with Crippen molar-refractivity contribution in [2.45, 2.75) is 18.8 Å². The summed E-state index contributed by atoms with van der Waals surface area (Å²) >= 11 is 6.90. The molecule has 0 unspecified atom stereocenters. The first-order chi connectivity index (χ1) is 13.9. The van der Waals surface area contributed by atoms with Crippen molar-refractivity contribution >= 4 is 73.9 Å². The number of hydrogen-bond acceptors (Lipinski definition) is 5. The summed E-state index contributed by atoms with van der Waals surface area (Å²) in [6.45, 7) is 1.69. The molecule has 0 saturated carbocycles. The van der Waals surface area contributed by atoms with Gasteiger partial charge in [-0.3, -0.25) is 4.79 Å². The van der Waals surface area contributed by atoms with E-state index < -0.39 is 12.6 Å². The number of nitrogens with one attached hydrogen (secondary N) is 2. The molecule has 9 heteroatoms. The number of hydrogen-bond donors (Lipinski definition) is 3. The number of ether oxygens (including phenoxy) is 1. The lowest BCUT2D eigenvalue weighted by molar-refractivity contribution is -0.139. The molecule has 1 aliphatic heterocycles. The molecular formula is C20H18BrIN2O4S. The van der Waals surface area contributed by atoms with Crippen LogP contribution in [-0.4, -0.2) is 29.1 Å². The largest absolute Gasteiger partial charge is 0.480 e. The summed E-state index contributed by atoms with van der Waals surface area (Å²) in [5, 5.41) is 15.0. The first-order valence-electron chi connectivity index (χ1n) is 8.74. The number of carbonyl (C=O) groups excluding carboxylic acids is 1. The minimum atomic E-state index is -1.04. The van der Waals surface area contributed by atoms with Crippen LogP contribution < -0.4 is 15.4 Å². The highest BCUT2D eigenvalue weighted by Crippen LogP contribution is 2.35. The van der Waals surface area contributed by atoms with Gasteiger partial charge >= 0.3 is 5.97 Å². The number of thioether (sulfide) groups is 1. The second-order valence-electron chi connectivity index (χ2n) is 6.17. The van der Waals surface area contributed by atoms with Crippen LogP contribution in [0.2, 0.25) is 0 Å². The minimum Gasteiger partial charge on any atom is -0.480 e. The van der Waals surface area contributed by atoms with E-state index in [1.54, 1.807) is 12.1 Å². The Kier molecular flexibility index (Phi) is 7.47. The molecule has 1 heterocycles. The van der Waals surface area contributed by atoms with Crippen molar-refractivity contribution in [2.24, 2.45) is 0 Å². The van der Waals surface area contributed by atoms with E-state index in [4.69, 9.17) is 9.84 Å². The Hall–Kier alpha value is -1.72.